The zero-order chi connectivity index (χ0) is 7.44. The minimum absolute atomic E-state index is 0.616. The summed E-state index contributed by atoms with van der Waals surface area (Å²) >= 11 is 0. The van der Waals surface area contributed by atoms with Gasteiger partial charge in [0.05, 0.1) is 0 Å². The highest BCUT2D eigenvalue weighted by atomic mass is 28.2. The molecule has 0 saturated carbocycles. The van der Waals surface area contributed by atoms with Gasteiger partial charge in [0.1, 0.15) is 0 Å². The van der Waals surface area contributed by atoms with Crippen LogP contribution in [0.4, 0.5) is 0 Å². The smallest absolute Gasteiger partial charge is 0.160 e. The predicted molar refractivity (Wildman–Crippen MR) is 44.2 cm³/mol. The molecule has 0 rings (SSSR count). The van der Waals surface area contributed by atoms with Crippen LogP contribution in [0.2, 0.25) is 5.54 Å². The van der Waals surface area contributed by atoms with Crippen molar-refractivity contribution in [3.63, 3.8) is 0 Å². The number of rotatable bonds is 3. The Bertz CT molecular complexity index is 63.3. The molecule has 0 aromatic carbocycles. The van der Waals surface area contributed by atoms with Crippen LogP contribution in [0.1, 0.15) is 27.7 Å². The fourth-order valence-electron chi connectivity index (χ4n) is 1.19. The highest BCUT2D eigenvalue weighted by Crippen LogP contribution is 2.24. The maximum atomic E-state index is 9.01. The molecule has 0 bridgehead atoms. The molecule has 56 valence electrons. The van der Waals surface area contributed by atoms with E-state index in [1.54, 1.807) is 0 Å². The van der Waals surface area contributed by atoms with E-state index in [0.717, 1.165) is 0 Å². The van der Waals surface area contributed by atoms with Crippen molar-refractivity contribution in [2.75, 3.05) is 0 Å². The molecular formula is C7H18OSi. The summed E-state index contributed by atoms with van der Waals surface area (Å²) in [6, 6.07) is 0. The van der Waals surface area contributed by atoms with Crippen LogP contribution in [0.5, 0.6) is 0 Å². The van der Waals surface area contributed by atoms with Gasteiger partial charge in [0.25, 0.3) is 0 Å². The van der Waals surface area contributed by atoms with Crippen LogP contribution in [-0.4, -0.2) is 14.6 Å². The molecule has 9 heavy (non-hydrogen) atoms. The van der Waals surface area contributed by atoms with Gasteiger partial charge >= 0.3 is 0 Å². The van der Waals surface area contributed by atoms with E-state index in [1.165, 1.54) is 0 Å². The molecule has 0 amide bonds. The van der Waals surface area contributed by atoms with Gasteiger partial charge in [-0.2, -0.15) is 0 Å². The molecule has 1 N–H and O–H groups in total. The lowest BCUT2D eigenvalue weighted by molar-refractivity contribution is 0.427. The van der Waals surface area contributed by atoms with Crippen LogP contribution in [0, 0.1) is 11.8 Å². The summed E-state index contributed by atoms with van der Waals surface area (Å²) in [6.07, 6.45) is 0. The Morgan fingerprint density at radius 3 is 1.33 bits per heavy atom. The van der Waals surface area contributed by atoms with Gasteiger partial charge in [-0.15, -0.1) is 0 Å². The monoisotopic (exact) mass is 146 g/mol. The summed E-state index contributed by atoms with van der Waals surface area (Å²) in [5, 5.41) is 0. The van der Waals surface area contributed by atoms with Gasteiger partial charge in [-0.25, -0.2) is 0 Å². The molecule has 0 aliphatic heterocycles. The van der Waals surface area contributed by atoms with E-state index in [2.05, 4.69) is 27.7 Å². The molecule has 0 aliphatic carbocycles. The maximum absolute atomic E-state index is 9.01. The molecule has 0 radical (unpaired) electrons. The van der Waals surface area contributed by atoms with E-state index in [1.807, 2.05) is 0 Å². The second-order valence-electron chi connectivity index (χ2n) is 3.33. The van der Waals surface area contributed by atoms with E-state index in [-0.39, 0.29) is 0 Å². The van der Waals surface area contributed by atoms with Crippen molar-refractivity contribution in [2.45, 2.75) is 33.2 Å². The molecule has 2 heteroatoms. The summed E-state index contributed by atoms with van der Waals surface area (Å²) in [5.41, 5.74) is 0.616. The van der Waals surface area contributed by atoms with Crippen molar-refractivity contribution >= 4 is 9.76 Å². The average molecular weight is 146 g/mol. The maximum Gasteiger partial charge on any atom is 0.160 e. The van der Waals surface area contributed by atoms with Crippen molar-refractivity contribution in [1.82, 2.24) is 0 Å². The first-order valence-corrected chi connectivity index (χ1v) is 5.15. The minimum Gasteiger partial charge on any atom is -0.438 e. The van der Waals surface area contributed by atoms with Crippen LogP contribution >= 0.6 is 0 Å². The second kappa shape index (κ2) is 4.07. The van der Waals surface area contributed by atoms with Gasteiger partial charge in [0.15, 0.2) is 9.76 Å². The van der Waals surface area contributed by atoms with E-state index in [9.17, 15) is 0 Å². The van der Waals surface area contributed by atoms with Crippen LogP contribution in [0.15, 0.2) is 0 Å². The molecule has 0 fully saturated rings. The van der Waals surface area contributed by atoms with Crippen molar-refractivity contribution in [1.29, 1.82) is 0 Å². The SMILES string of the molecule is CC(C)C([SiH2]O)C(C)C. The van der Waals surface area contributed by atoms with Gasteiger partial charge in [-0.05, 0) is 17.4 Å². The highest BCUT2D eigenvalue weighted by Gasteiger charge is 2.15. The topological polar surface area (TPSA) is 20.2 Å². The third-order valence-electron chi connectivity index (χ3n) is 1.92. The molecule has 1 nitrogen and oxygen atoms in total. The first kappa shape index (κ1) is 9.18. The molecule has 0 aromatic heterocycles. The molecule has 0 aliphatic rings. The summed E-state index contributed by atoms with van der Waals surface area (Å²) < 4.78 is 0. The second-order valence-corrected chi connectivity index (χ2v) is 4.64. The fourth-order valence-corrected chi connectivity index (χ4v) is 2.03. The molecule has 0 aromatic rings. The van der Waals surface area contributed by atoms with Gasteiger partial charge in [0.2, 0.25) is 0 Å². The van der Waals surface area contributed by atoms with Crippen molar-refractivity contribution < 1.29 is 4.80 Å². The minimum atomic E-state index is -0.767. The zero-order valence-corrected chi connectivity index (χ0v) is 8.30. The van der Waals surface area contributed by atoms with Gasteiger partial charge in [-0.1, -0.05) is 27.7 Å². The van der Waals surface area contributed by atoms with Gasteiger partial charge < -0.3 is 4.80 Å². The first-order chi connectivity index (χ1) is 4.09. The molecular weight excluding hydrogens is 128 g/mol. The van der Waals surface area contributed by atoms with Crippen LogP contribution < -0.4 is 0 Å². The highest BCUT2D eigenvalue weighted by molar-refractivity contribution is 6.27. The Balaban J connectivity index is 3.68. The third-order valence-corrected chi connectivity index (χ3v) is 4.23. The average Bonchev–Trinajstić information content (AvgIpc) is 1.64. The number of hydrogen-bond acceptors (Lipinski definition) is 1. The standard InChI is InChI=1S/C7H18OSi/c1-5(2)7(9-8)6(3)4/h5-8H,9H2,1-4H3. The van der Waals surface area contributed by atoms with Gasteiger partial charge in [0, 0.05) is 0 Å². The molecule has 0 spiro atoms. The van der Waals surface area contributed by atoms with Crippen LogP contribution in [0.3, 0.4) is 0 Å². The van der Waals surface area contributed by atoms with E-state index in [4.69, 9.17) is 4.80 Å². The fraction of sp³-hybridized carbons (Fsp3) is 1.00. The lowest BCUT2D eigenvalue weighted by atomic mass is 10.00. The predicted octanol–water partition coefficient (Wildman–Crippen LogP) is 1.16. The summed E-state index contributed by atoms with van der Waals surface area (Å²) in [7, 11) is -0.767. The van der Waals surface area contributed by atoms with Crippen LogP contribution in [-0.2, 0) is 0 Å². The normalized spacial score (nSPS) is 13.3. The zero-order valence-electron chi connectivity index (χ0n) is 6.89. The molecule has 0 unspecified atom stereocenters. The first-order valence-electron chi connectivity index (χ1n) is 3.70. The van der Waals surface area contributed by atoms with Crippen LogP contribution in [0.25, 0.3) is 0 Å². The molecule has 0 saturated heterocycles. The third kappa shape index (κ3) is 3.01. The largest absolute Gasteiger partial charge is 0.438 e. The van der Waals surface area contributed by atoms with Crippen molar-refractivity contribution in [2.24, 2.45) is 11.8 Å². The molecule has 0 heterocycles. The lowest BCUT2D eigenvalue weighted by Crippen LogP contribution is -2.15. The quantitative estimate of drug-likeness (QED) is 0.592. The Morgan fingerprint density at radius 2 is 1.33 bits per heavy atom. The summed E-state index contributed by atoms with van der Waals surface area (Å²) in [6.45, 7) is 8.75. The summed E-state index contributed by atoms with van der Waals surface area (Å²) in [5.74, 6) is 1.34. The van der Waals surface area contributed by atoms with Crippen molar-refractivity contribution in [3.8, 4) is 0 Å². The Kier molecular flexibility index (Phi) is 4.15. The van der Waals surface area contributed by atoms with E-state index >= 15 is 0 Å². The Morgan fingerprint density at radius 1 is 1.00 bits per heavy atom. The Labute approximate surface area is 60.4 Å². The summed E-state index contributed by atoms with van der Waals surface area (Å²) in [4.78, 5) is 9.01. The Hall–Kier alpha value is 0.177. The lowest BCUT2D eigenvalue weighted by Gasteiger charge is -2.21. The van der Waals surface area contributed by atoms with E-state index in [0.29, 0.717) is 17.4 Å². The molecule has 0 atom stereocenters. The van der Waals surface area contributed by atoms with Crippen molar-refractivity contribution in [3.05, 3.63) is 0 Å². The van der Waals surface area contributed by atoms with Gasteiger partial charge in [-0.3, -0.25) is 0 Å². The van der Waals surface area contributed by atoms with E-state index < -0.39 is 9.76 Å². The number of hydrogen-bond donors (Lipinski definition) is 1.